The molecule has 0 fully saturated rings. The molecule has 6 heteroatoms. The lowest BCUT2D eigenvalue weighted by Crippen LogP contribution is -2.37. The van der Waals surface area contributed by atoms with Crippen LogP contribution >= 0.6 is 23.6 Å². The van der Waals surface area contributed by atoms with Crippen LogP contribution in [0.2, 0.25) is 0 Å². The van der Waals surface area contributed by atoms with E-state index < -0.39 is 0 Å². The smallest absolute Gasteiger partial charge is 0.250 e. The van der Waals surface area contributed by atoms with E-state index in [0.29, 0.717) is 17.4 Å². The molecule has 0 aliphatic rings. The Morgan fingerprint density at radius 2 is 2.14 bits per heavy atom. The van der Waals surface area contributed by atoms with Crippen molar-refractivity contribution in [3.05, 3.63) is 58.3 Å². The average Bonchev–Trinajstić information content (AvgIpc) is 3.04. The number of hydrogen-bond donors (Lipinski definition) is 2. The topological polar surface area (TPSA) is 50.4 Å². The maximum atomic E-state index is 11.8. The van der Waals surface area contributed by atoms with Gasteiger partial charge in [0.25, 0.3) is 0 Å². The maximum Gasteiger partial charge on any atom is 0.250 e. The summed E-state index contributed by atoms with van der Waals surface area (Å²) in [5, 5.41) is 7.90. The fourth-order valence-electron chi connectivity index (χ4n) is 1.75. The number of hydrogen-bond acceptors (Lipinski definition) is 4. The van der Waals surface area contributed by atoms with Gasteiger partial charge in [0.2, 0.25) is 5.91 Å². The van der Waals surface area contributed by atoms with Crippen LogP contribution in [0, 0.1) is 0 Å². The molecule has 0 spiro atoms. The van der Waals surface area contributed by atoms with E-state index in [2.05, 4.69) is 10.6 Å². The highest BCUT2D eigenvalue weighted by Crippen LogP contribution is 2.18. The van der Waals surface area contributed by atoms with Gasteiger partial charge in [0, 0.05) is 16.5 Å². The van der Waals surface area contributed by atoms with Crippen molar-refractivity contribution in [3.63, 3.8) is 0 Å². The van der Waals surface area contributed by atoms with E-state index in [1.165, 1.54) is 6.08 Å². The molecule has 22 heavy (non-hydrogen) atoms. The zero-order valence-corrected chi connectivity index (χ0v) is 13.7. The Hall–Kier alpha value is -2.18. The Morgan fingerprint density at radius 1 is 1.32 bits per heavy atom. The lowest BCUT2D eigenvalue weighted by atomic mass is 10.2. The van der Waals surface area contributed by atoms with Crippen LogP contribution in [0.3, 0.4) is 0 Å². The summed E-state index contributed by atoms with van der Waals surface area (Å²) in [4.78, 5) is 13.0. The quantitative estimate of drug-likeness (QED) is 0.653. The van der Waals surface area contributed by atoms with E-state index in [0.717, 1.165) is 10.4 Å². The van der Waals surface area contributed by atoms with E-state index in [1.807, 2.05) is 41.8 Å². The number of carbonyl (C=O) groups is 1. The minimum Gasteiger partial charge on any atom is -0.496 e. The first-order valence-electron chi connectivity index (χ1n) is 6.61. The average molecular weight is 332 g/mol. The van der Waals surface area contributed by atoms with Gasteiger partial charge >= 0.3 is 0 Å². The van der Waals surface area contributed by atoms with Crippen LogP contribution in [0.25, 0.3) is 6.08 Å². The molecule has 2 rings (SSSR count). The first-order valence-corrected chi connectivity index (χ1v) is 7.90. The Balaban J connectivity index is 1.84. The molecule has 2 aromatic rings. The summed E-state index contributed by atoms with van der Waals surface area (Å²) in [7, 11) is 1.59. The molecule has 0 atom stereocenters. The molecule has 2 N–H and O–H groups in total. The Morgan fingerprint density at radius 3 is 2.86 bits per heavy atom. The predicted molar refractivity (Wildman–Crippen MR) is 93.9 cm³/mol. The molecule has 0 radical (unpaired) electrons. The second kappa shape index (κ2) is 8.31. The van der Waals surface area contributed by atoms with Crippen LogP contribution in [0.15, 0.2) is 47.9 Å². The summed E-state index contributed by atoms with van der Waals surface area (Å²) in [6, 6.07) is 11.4. The molecule has 1 aromatic heterocycles. The second-order valence-corrected chi connectivity index (χ2v) is 5.77. The Labute approximate surface area is 138 Å². The van der Waals surface area contributed by atoms with Crippen molar-refractivity contribution < 1.29 is 9.53 Å². The minimum atomic E-state index is -0.283. The number of nitrogens with one attached hydrogen (secondary N) is 2. The highest BCUT2D eigenvalue weighted by atomic mass is 32.1. The molecule has 1 heterocycles. The molecule has 1 amide bonds. The van der Waals surface area contributed by atoms with Gasteiger partial charge in [0.15, 0.2) is 5.11 Å². The number of ether oxygens (including phenoxy) is 1. The van der Waals surface area contributed by atoms with Gasteiger partial charge in [-0.2, -0.15) is 0 Å². The Kier molecular flexibility index (Phi) is 6.12. The monoisotopic (exact) mass is 332 g/mol. The van der Waals surface area contributed by atoms with Crippen molar-refractivity contribution in [3.8, 4) is 5.75 Å². The largest absolute Gasteiger partial charge is 0.496 e. The summed E-state index contributed by atoms with van der Waals surface area (Å²) in [5.41, 5.74) is 0.831. The lowest BCUT2D eigenvalue weighted by molar-refractivity contribution is -0.115. The molecule has 1 aromatic carbocycles. The molecule has 0 saturated carbocycles. The van der Waals surface area contributed by atoms with Gasteiger partial charge in [-0.25, -0.2) is 0 Å². The SMILES string of the molecule is COc1ccccc1C=CC(=O)NC(=S)NCc1cccs1. The van der Waals surface area contributed by atoms with Crippen LogP contribution < -0.4 is 15.4 Å². The van der Waals surface area contributed by atoms with Crippen LogP contribution in [-0.2, 0) is 11.3 Å². The van der Waals surface area contributed by atoms with Crippen molar-refractivity contribution >= 4 is 40.7 Å². The van der Waals surface area contributed by atoms with Gasteiger partial charge in [-0.05, 0) is 35.8 Å². The predicted octanol–water partition coefficient (Wildman–Crippen LogP) is 2.96. The van der Waals surface area contributed by atoms with E-state index in [4.69, 9.17) is 17.0 Å². The fourth-order valence-corrected chi connectivity index (χ4v) is 2.57. The van der Waals surface area contributed by atoms with Gasteiger partial charge in [0.05, 0.1) is 13.7 Å². The van der Waals surface area contributed by atoms with Gasteiger partial charge < -0.3 is 10.1 Å². The number of amides is 1. The number of carbonyl (C=O) groups excluding carboxylic acids is 1. The zero-order chi connectivity index (χ0) is 15.8. The molecule has 0 saturated heterocycles. The number of thiophene rings is 1. The third-order valence-electron chi connectivity index (χ3n) is 2.79. The van der Waals surface area contributed by atoms with Crippen molar-refractivity contribution in [2.24, 2.45) is 0 Å². The zero-order valence-electron chi connectivity index (χ0n) is 12.0. The molecule has 0 aliphatic carbocycles. The van der Waals surface area contributed by atoms with E-state index in [-0.39, 0.29) is 5.91 Å². The van der Waals surface area contributed by atoms with Gasteiger partial charge in [-0.15, -0.1) is 11.3 Å². The van der Waals surface area contributed by atoms with Crippen molar-refractivity contribution in [1.29, 1.82) is 0 Å². The summed E-state index contributed by atoms with van der Waals surface area (Å²) in [5.74, 6) is 0.430. The number of rotatable bonds is 5. The normalized spacial score (nSPS) is 10.4. The summed E-state index contributed by atoms with van der Waals surface area (Å²) >= 11 is 6.72. The molecule has 0 aliphatic heterocycles. The van der Waals surface area contributed by atoms with Gasteiger partial charge in [-0.1, -0.05) is 24.3 Å². The van der Waals surface area contributed by atoms with E-state index >= 15 is 0 Å². The highest BCUT2D eigenvalue weighted by molar-refractivity contribution is 7.80. The van der Waals surface area contributed by atoms with Crippen molar-refractivity contribution in [2.75, 3.05) is 7.11 Å². The maximum absolute atomic E-state index is 11.8. The van der Waals surface area contributed by atoms with Gasteiger partial charge in [-0.3, -0.25) is 10.1 Å². The second-order valence-electron chi connectivity index (χ2n) is 4.33. The highest BCUT2D eigenvalue weighted by Gasteiger charge is 2.02. The molecule has 4 nitrogen and oxygen atoms in total. The van der Waals surface area contributed by atoms with E-state index in [9.17, 15) is 4.79 Å². The van der Waals surface area contributed by atoms with Crippen LogP contribution in [-0.4, -0.2) is 18.1 Å². The fraction of sp³-hybridized carbons (Fsp3) is 0.125. The first-order chi connectivity index (χ1) is 10.7. The van der Waals surface area contributed by atoms with Crippen molar-refractivity contribution in [1.82, 2.24) is 10.6 Å². The first kappa shape index (κ1) is 16.2. The summed E-state index contributed by atoms with van der Waals surface area (Å²) in [6.07, 6.45) is 3.12. The number of thiocarbonyl (C=S) groups is 1. The Bertz CT molecular complexity index is 667. The van der Waals surface area contributed by atoms with Gasteiger partial charge in [0.1, 0.15) is 5.75 Å². The van der Waals surface area contributed by atoms with Crippen LogP contribution in [0.5, 0.6) is 5.75 Å². The van der Waals surface area contributed by atoms with Crippen LogP contribution in [0.4, 0.5) is 0 Å². The molecular formula is C16H16N2O2S2. The number of methoxy groups -OCH3 is 1. The number of benzene rings is 1. The molecule has 0 bridgehead atoms. The van der Waals surface area contributed by atoms with E-state index in [1.54, 1.807) is 24.5 Å². The molecular weight excluding hydrogens is 316 g/mol. The standard InChI is InChI=1S/C16H16N2O2S2/c1-20-14-7-3-2-5-12(14)8-9-15(19)18-16(21)17-11-13-6-4-10-22-13/h2-10H,11H2,1H3,(H2,17,18,19,21). The summed E-state index contributed by atoms with van der Waals surface area (Å²) in [6.45, 7) is 0.604. The lowest BCUT2D eigenvalue weighted by Gasteiger charge is -2.07. The third kappa shape index (κ3) is 4.98. The third-order valence-corrected chi connectivity index (χ3v) is 3.92. The number of para-hydroxylation sites is 1. The van der Waals surface area contributed by atoms with Crippen molar-refractivity contribution in [2.45, 2.75) is 6.54 Å². The van der Waals surface area contributed by atoms with Crippen LogP contribution in [0.1, 0.15) is 10.4 Å². The molecule has 0 unspecified atom stereocenters. The summed E-state index contributed by atoms with van der Waals surface area (Å²) < 4.78 is 5.22. The minimum absolute atomic E-state index is 0.283. The molecule has 114 valence electrons.